The number of methoxy groups -OCH3 is 1. The van der Waals surface area contributed by atoms with Gasteiger partial charge >= 0.3 is 5.97 Å². The molecule has 166 valence electrons. The van der Waals surface area contributed by atoms with Crippen molar-refractivity contribution >= 4 is 22.6 Å². The molecule has 1 saturated carbocycles. The standard InChI is InChI=1S/C25H26FN3O3/c1-32-23-3-2-17(26)13-20(23)19-4-7-27-25-21(19)14-22(28-25)16-5-8-29(9-6-16)18-10-15(11-18)12-24(30)31/h2-5,7,13-15,18H,6,8-12H2,1H3,(H,27,28)(H,30,31). The summed E-state index contributed by atoms with van der Waals surface area (Å²) in [6.07, 6.45) is 7.14. The number of halogens is 1. The zero-order valence-corrected chi connectivity index (χ0v) is 18.0. The lowest BCUT2D eigenvalue weighted by Crippen LogP contribution is -2.46. The Morgan fingerprint density at radius 1 is 1.28 bits per heavy atom. The van der Waals surface area contributed by atoms with Crippen LogP contribution >= 0.6 is 0 Å². The summed E-state index contributed by atoms with van der Waals surface area (Å²) in [6.45, 7) is 1.83. The van der Waals surface area contributed by atoms with Gasteiger partial charge in [0.2, 0.25) is 0 Å². The number of benzene rings is 1. The maximum Gasteiger partial charge on any atom is 0.303 e. The van der Waals surface area contributed by atoms with Crippen molar-refractivity contribution in [2.75, 3.05) is 20.2 Å². The normalized spacial score (nSPS) is 21.2. The first kappa shape index (κ1) is 20.7. The van der Waals surface area contributed by atoms with Crippen LogP contribution in [0.3, 0.4) is 0 Å². The number of carboxylic acid groups (broad SMARTS) is 1. The molecule has 5 rings (SSSR count). The van der Waals surface area contributed by atoms with Gasteiger partial charge in [-0.1, -0.05) is 6.08 Å². The molecule has 3 aromatic rings. The number of H-pyrrole nitrogens is 1. The second-order valence-electron chi connectivity index (χ2n) is 8.71. The van der Waals surface area contributed by atoms with Crippen molar-refractivity contribution < 1.29 is 19.0 Å². The largest absolute Gasteiger partial charge is 0.496 e. The summed E-state index contributed by atoms with van der Waals surface area (Å²) in [5.74, 6) is -0.0631. The number of rotatable bonds is 6. The van der Waals surface area contributed by atoms with Crippen LogP contribution in [0.1, 0.15) is 31.4 Å². The molecule has 0 radical (unpaired) electrons. The molecule has 2 aliphatic rings. The van der Waals surface area contributed by atoms with Gasteiger partial charge in [-0.05, 0) is 66.6 Å². The van der Waals surface area contributed by atoms with Crippen LogP contribution in [0.5, 0.6) is 5.75 Å². The first-order chi connectivity index (χ1) is 15.5. The number of aliphatic carboxylic acids is 1. The predicted molar refractivity (Wildman–Crippen MR) is 121 cm³/mol. The van der Waals surface area contributed by atoms with Crippen molar-refractivity contribution in [2.24, 2.45) is 5.92 Å². The summed E-state index contributed by atoms with van der Waals surface area (Å²) in [7, 11) is 1.59. The zero-order valence-electron chi connectivity index (χ0n) is 18.0. The Morgan fingerprint density at radius 2 is 2.12 bits per heavy atom. The van der Waals surface area contributed by atoms with Crippen molar-refractivity contribution in [3.05, 3.63) is 54.1 Å². The van der Waals surface area contributed by atoms with Gasteiger partial charge in [0.05, 0.1) is 7.11 Å². The quantitative estimate of drug-likeness (QED) is 0.586. The van der Waals surface area contributed by atoms with Gasteiger partial charge in [-0.15, -0.1) is 0 Å². The van der Waals surface area contributed by atoms with Crippen molar-refractivity contribution in [2.45, 2.75) is 31.7 Å². The number of fused-ring (bicyclic) bond motifs is 1. The third-order valence-corrected chi connectivity index (χ3v) is 6.76. The van der Waals surface area contributed by atoms with Gasteiger partial charge in [0, 0.05) is 48.4 Å². The van der Waals surface area contributed by atoms with E-state index < -0.39 is 5.97 Å². The number of hydrogen-bond donors (Lipinski definition) is 2. The molecule has 1 fully saturated rings. The number of hydrogen-bond acceptors (Lipinski definition) is 4. The lowest BCUT2D eigenvalue weighted by Gasteiger charge is -2.43. The molecular weight excluding hydrogens is 409 g/mol. The highest BCUT2D eigenvalue weighted by Gasteiger charge is 2.35. The van der Waals surface area contributed by atoms with Gasteiger partial charge in [-0.3, -0.25) is 9.69 Å². The summed E-state index contributed by atoms with van der Waals surface area (Å²) in [5, 5.41) is 9.88. The Labute approximate surface area is 185 Å². The lowest BCUT2D eigenvalue weighted by molar-refractivity contribution is -0.139. The summed E-state index contributed by atoms with van der Waals surface area (Å²) in [5.41, 5.74) is 4.63. The van der Waals surface area contributed by atoms with Crippen LogP contribution in [0.4, 0.5) is 4.39 Å². The summed E-state index contributed by atoms with van der Waals surface area (Å²) in [6, 6.07) is 9.01. The minimum Gasteiger partial charge on any atom is -0.496 e. The number of aromatic nitrogens is 2. The first-order valence-corrected chi connectivity index (χ1v) is 11.0. The number of aromatic amines is 1. The van der Waals surface area contributed by atoms with Crippen molar-refractivity contribution in [3.8, 4) is 16.9 Å². The van der Waals surface area contributed by atoms with Crippen LogP contribution in [0, 0.1) is 11.7 Å². The van der Waals surface area contributed by atoms with E-state index in [0.29, 0.717) is 23.3 Å². The van der Waals surface area contributed by atoms with E-state index in [2.05, 4.69) is 27.0 Å². The summed E-state index contributed by atoms with van der Waals surface area (Å²) >= 11 is 0. The zero-order chi connectivity index (χ0) is 22.2. The molecule has 0 bridgehead atoms. The van der Waals surface area contributed by atoms with Gasteiger partial charge in [0.1, 0.15) is 17.2 Å². The Hall–Kier alpha value is -3.19. The van der Waals surface area contributed by atoms with Crippen LogP contribution in [-0.2, 0) is 4.79 Å². The molecule has 1 aliphatic carbocycles. The van der Waals surface area contributed by atoms with Crippen molar-refractivity contribution in [1.82, 2.24) is 14.9 Å². The highest BCUT2D eigenvalue weighted by Crippen LogP contribution is 2.38. The number of nitrogens with zero attached hydrogens (tertiary/aromatic N) is 2. The van der Waals surface area contributed by atoms with E-state index in [0.717, 1.165) is 54.6 Å². The van der Waals surface area contributed by atoms with Gasteiger partial charge in [0.25, 0.3) is 0 Å². The second-order valence-corrected chi connectivity index (χ2v) is 8.71. The predicted octanol–water partition coefficient (Wildman–Crippen LogP) is 4.72. The molecule has 2 aromatic heterocycles. The molecule has 32 heavy (non-hydrogen) atoms. The second kappa shape index (κ2) is 8.39. The van der Waals surface area contributed by atoms with E-state index in [9.17, 15) is 9.18 Å². The molecule has 7 heteroatoms. The minimum absolute atomic E-state index is 0.284. The van der Waals surface area contributed by atoms with Crippen LogP contribution in [-0.4, -0.2) is 52.2 Å². The molecule has 1 aliphatic heterocycles. The third-order valence-electron chi connectivity index (χ3n) is 6.76. The number of pyridine rings is 1. The van der Waals surface area contributed by atoms with Crippen molar-refractivity contribution in [3.63, 3.8) is 0 Å². The van der Waals surface area contributed by atoms with E-state index in [1.165, 1.54) is 17.7 Å². The molecule has 2 N–H and O–H groups in total. The Balaban J connectivity index is 1.37. The molecule has 0 spiro atoms. The van der Waals surface area contributed by atoms with Crippen molar-refractivity contribution in [1.29, 1.82) is 0 Å². The van der Waals surface area contributed by atoms with Gasteiger partial charge < -0.3 is 14.8 Å². The highest BCUT2D eigenvalue weighted by atomic mass is 19.1. The number of carbonyl (C=O) groups is 1. The molecule has 0 unspecified atom stereocenters. The van der Waals surface area contributed by atoms with E-state index in [-0.39, 0.29) is 12.2 Å². The van der Waals surface area contributed by atoms with Crippen LogP contribution in [0.15, 0.2) is 42.6 Å². The number of carboxylic acids is 1. The molecule has 3 heterocycles. The topological polar surface area (TPSA) is 78.5 Å². The molecular formula is C25H26FN3O3. The van der Waals surface area contributed by atoms with Crippen LogP contribution in [0.2, 0.25) is 0 Å². The fraction of sp³-hybridized carbons (Fsp3) is 0.360. The molecule has 0 saturated heterocycles. The monoisotopic (exact) mass is 435 g/mol. The van der Waals surface area contributed by atoms with E-state index in [1.807, 2.05) is 6.07 Å². The summed E-state index contributed by atoms with van der Waals surface area (Å²) in [4.78, 5) is 21.2. The Kier molecular flexibility index (Phi) is 5.43. The molecule has 6 nitrogen and oxygen atoms in total. The third kappa shape index (κ3) is 3.88. The molecule has 0 atom stereocenters. The van der Waals surface area contributed by atoms with Gasteiger partial charge in [-0.25, -0.2) is 9.37 Å². The number of nitrogens with one attached hydrogen (secondary N) is 1. The summed E-state index contributed by atoms with van der Waals surface area (Å²) < 4.78 is 19.4. The van der Waals surface area contributed by atoms with E-state index in [1.54, 1.807) is 19.4 Å². The highest BCUT2D eigenvalue weighted by molar-refractivity contribution is 5.96. The number of ether oxygens (including phenoxy) is 1. The Morgan fingerprint density at radius 3 is 2.84 bits per heavy atom. The van der Waals surface area contributed by atoms with Gasteiger partial charge in [0.15, 0.2) is 0 Å². The first-order valence-electron chi connectivity index (χ1n) is 11.0. The fourth-order valence-corrected chi connectivity index (χ4v) is 5.00. The maximum atomic E-state index is 14.0. The minimum atomic E-state index is -0.697. The SMILES string of the molecule is COc1ccc(F)cc1-c1ccnc2[nH]c(C3=CCN(C4CC(CC(=O)O)C4)CC3)cc12. The average molecular weight is 435 g/mol. The lowest BCUT2D eigenvalue weighted by atomic mass is 9.77. The average Bonchev–Trinajstić information content (AvgIpc) is 3.20. The smallest absolute Gasteiger partial charge is 0.303 e. The van der Waals surface area contributed by atoms with Crippen LogP contribution < -0.4 is 4.74 Å². The Bertz CT molecular complexity index is 1200. The fourth-order valence-electron chi connectivity index (χ4n) is 5.00. The molecule has 0 amide bonds. The van der Waals surface area contributed by atoms with E-state index in [4.69, 9.17) is 9.84 Å². The van der Waals surface area contributed by atoms with Crippen LogP contribution in [0.25, 0.3) is 27.7 Å². The maximum absolute atomic E-state index is 14.0. The van der Waals surface area contributed by atoms with E-state index >= 15 is 0 Å². The van der Waals surface area contributed by atoms with Gasteiger partial charge in [-0.2, -0.15) is 0 Å². The molecule has 1 aromatic carbocycles.